The van der Waals surface area contributed by atoms with E-state index in [4.69, 9.17) is 16.3 Å². The second-order valence-electron chi connectivity index (χ2n) is 4.30. The highest BCUT2D eigenvalue weighted by Gasteiger charge is 2.12. The zero-order chi connectivity index (χ0) is 14.7. The van der Waals surface area contributed by atoms with E-state index in [1.807, 2.05) is 13.8 Å². The van der Waals surface area contributed by atoms with Gasteiger partial charge in [-0.05, 0) is 22.0 Å². The minimum Gasteiger partial charge on any atom is -0.428 e. The van der Waals surface area contributed by atoms with Gasteiger partial charge in [0.15, 0.2) is 0 Å². The number of aromatic nitrogens is 2. The van der Waals surface area contributed by atoms with Gasteiger partial charge in [0.25, 0.3) is 5.19 Å². The summed E-state index contributed by atoms with van der Waals surface area (Å²) in [7, 11) is 0. The van der Waals surface area contributed by atoms with Crippen molar-refractivity contribution in [2.75, 3.05) is 0 Å². The maximum atomic E-state index is 13.4. The van der Waals surface area contributed by atoms with Crippen LogP contribution in [0.4, 0.5) is 4.39 Å². The second-order valence-corrected chi connectivity index (χ2v) is 6.58. The van der Waals surface area contributed by atoms with Gasteiger partial charge in [-0.2, -0.15) is 0 Å². The van der Waals surface area contributed by atoms with Crippen LogP contribution in [0.2, 0.25) is 5.02 Å². The third kappa shape index (κ3) is 4.12. The lowest BCUT2D eigenvalue weighted by Crippen LogP contribution is -2.21. The Morgan fingerprint density at radius 3 is 2.90 bits per heavy atom. The molecule has 108 valence electrons. The third-order valence-electron chi connectivity index (χ3n) is 2.28. The molecule has 0 spiro atoms. The predicted octanol–water partition coefficient (Wildman–Crippen LogP) is 4.38. The lowest BCUT2D eigenvalue weighted by Gasteiger charge is -2.05. The highest BCUT2D eigenvalue weighted by molar-refractivity contribution is 9.10. The van der Waals surface area contributed by atoms with Gasteiger partial charge < -0.3 is 10.1 Å². The Labute approximate surface area is 133 Å². The Morgan fingerprint density at radius 1 is 1.45 bits per heavy atom. The van der Waals surface area contributed by atoms with Crippen LogP contribution in [-0.2, 0) is 6.54 Å². The van der Waals surface area contributed by atoms with E-state index in [0.717, 1.165) is 5.01 Å². The summed E-state index contributed by atoms with van der Waals surface area (Å²) in [6.45, 7) is 4.72. The van der Waals surface area contributed by atoms with Gasteiger partial charge in [-0.15, -0.1) is 5.10 Å². The molecule has 0 fully saturated rings. The standard InChI is InChI=1S/C12H12BrClFN3OS/c1-6(2)16-5-11-17-18-12(20-11)19-10-4-9(15)8(14)3-7(10)13/h3-4,6,16H,5H2,1-2H3. The zero-order valence-electron chi connectivity index (χ0n) is 10.8. The van der Waals surface area contributed by atoms with Crippen molar-refractivity contribution in [1.29, 1.82) is 0 Å². The molecule has 1 aromatic carbocycles. The first-order chi connectivity index (χ1) is 9.45. The average Bonchev–Trinajstić information content (AvgIpc) is 2.81. The van der Waals surface area contributed by atoms with Crippen molar-refractivity contribution in [3.63, 3.8) is 0 Å². The van der Waals surface area contributed by atoms with Crippen LogP contribution in [-0.4, -0.2) is 16.2 Å². The molecule has 2 aromatic rings. The summed E-state index contributed by atoms with van der Waals surface area (Å²) in [6.07, 6.45) is 0. The van der Waals surface area contributed by atoms with Crippen molar-refractivity contribution < 1.29 is 9.13 Å². The van der Waals surface area contributed by atoms with E-state index < -0.39 is 5.82 Å². The molecule has 0 aliphatic rings. The summed E-state index contributed by atoms with van der Waals surface area (Å²) in [4.78, 5) is 0. The summed E-state index contributed by atoms with van der Waals surface area (Å²) < 4.78 is 19.5. The second kappa shape index (κ2) is 6.80. The Morgan fingerprint density at radius 2 is 2.20 bits per heavy atom. The van der Waals surface area contributed by atoms with Crippen molar-refractivity contribution in [2.45, 2.75) is 26.4 Å². The van der Waals surface area contributed by atoms with Gasteiger partial charge in [-0.3, -0.25) is 0 Å². The van der Waals surface area contributed by atoms with Gasteiger partial charge >= 0.3 is 0 Å². The number of nitrogens with one attached hydrogen (secondary N) is 1. The molecule has 2 rings (SSSR count). The number of hydrogen-bond acceptors (Lipinski definition) is 5. The van der Waals surface area contributed by atoms with Gasteiger partial charge in [0.1, 0.15) is 16.6 Å². The molecule has 0 aliphatic heterocycles. The van der Waals surface area contributed by atoms with Crippen LogP contribution in [0.25, 0.3) is 0 Å². The Kier molecular flexibility index (Phi) is 5.31. The van der Waals surface area contributed by atoms with Crippen LogP contribution in [0.3, 0.4) is 0 Å². The monoisotopic (exact) mass is 379 g/mol. The van der Waals surface area contributed by atoms with Crippen LogP contribution in [0.1, 0.15) is 18.9 Å². The summed E-state index contributed by atoms with van der Waals surface area (Å²) in [5.74, 6) is -0.234. The topological polar surface area (TPSA) is 47.0 Å². The minimum absolute atomic E-state index is 0.0308. The maximum Gasteiger partial charge on any atom is 0.299 e. The quantitative estimate of drug-likeness (QED) is 0.782. The van der Waals surface area contributed by atoms with E-state index in [-0.39, 0.29) is 5.02 Å². The largest absolute Gasteiger partial charge is 0.428 e. The van der Waals surface area contributed by atoms with E-state index in [2.05, 4.69) is 31.4 Å². The number of nitrogens with zero attached hydrogens (tertiary/aromatic N) is 2. The summed E-state index contributed by atoms with van der Waals surface area (Å²) >= 11 is 10.2. The Balaban J connectivity index is 2.09. The molecular formula is C12H12BrClFN3OS. The average molecular weight is 381 g/mol. The number of rotatable bonds is 5. The van der Waals surface area contributed by atoms with E-state index in [1.54, 1.807) is 0 Å². The fraction of sp³-hybridized carbons (Fsp3) is 0.333. The fourth-order valence-corrected chi connectivity index (χ4v) is 2.69. The Hall–Kier alpha value is -0.760. The van der Waals surface area contributed by atoms with Gasteiger partial charge in [-0.1, -0.05) is 41.9 Å². The molecule has 0 aliphatic carbocycles. The first-order valence-corrected chi connectivity index (χ1v) is 7.82. The highest BCUT2D eigenvalue weighted by Crippen LogP contribution is 2.34. The van der Waals surface area contributed by atoms with Gasteiger partial charge in [0.05, 0.1) is 16.0 Å². The summed E-state index contributed by atoms with van der Waals surface area (Å²) in [5.41, 5.74) is 0. The first-order valence-electron chi connectivity index (χ1n) is 5.84. The van der Waals surface area contributed by atoms with Crippen LogP contribution < -0.4 is 10.1 Å². The molecular weight excluding hydrogens is 369 g/mol. The molecule has 1 aromatic heterocycles. The number of benzene rings is 1. The third-order valence-corrected chi connectivity index (χ3v) is 3.99. The van der Waals surface area contributed by atoms with E-state index >= 15 is 0 Å². The van der Waals surface area contributed by atoms with Crippen LogP contribution in [0.15, 0.2) is 16.6 Å². The van der Waals surface area contributed by atoms with Gasteiger partial charge in [0, 0.05) is 12.1 Å². The van der Waals surface area contributed by atoms with E-state index in [0.29, 0.717) is 28.0 Å². The molecule has 0 bridgehead atoms. The van der Waals surface area contributed by atoms with Crippen molar-refractivity contribution in [1.82, 2.24) is 15.5 Å². The smallest absolute Gasteiger partial charge is 0.299 e. The molecule has 0 atom stereocenters. The molecule has 8 heteroatoms. The van der Waals surface area contributed by atoms with E-state index in [9.17, 15) is 4.39 Å². The molecule has 4 nitrogen and oxygen atoms in total. The normalized spacial score (nSPS) is 11.1. The molecule has 1 N–H and O–H groups in total. The van der Waals surface area contributed by atoms with Crippen molar-refractivity contribution in [3.8, 4) is 10.9 Å². The Bertz CT molecular complexity index is 608. The lowest BCUT2D eigenvalue weighted by molar-refractivity contribution is 0.464. The fourth-order valence-electron chi connectivity index (χ4n) is 1.32. The van der Waals surface area contributed by atoms with Crippen LogP contribution in [0, 0.1) is 5.82 Å². The molecule has 0 saturated carbocycles. The van der Waals surface area contributed by atoms with Crippen molar-refractivity contribution in [2.24, 2.45) is 0 Å². The number of halogens is 3. The summed E-state index contributed by atoms with van der Waals surface area (Å²) in [5, 5.41) is 12.3. The minimum atomic E-state index is -0.545. The first kappa shape index (κ1) is 15.6. The predicted molar refractivity (Wildman–Crippen MR) is 81.1 cm³/mol. The van der Waals surface area contributed by atoms with Gasteiger partial charge in [0.2, 0.25) is 0 Å². The van der Waals surface area contributed by atoms with Crippen LogP contribution >= 0.6 is 38.9 Å². The van der Waals surface area contributed by atoms with Gasteiger partial charge in [-0.25, -0.2) is 4.39 Å². The van der Waals surface area contributed by atoms with Crippen molar-refractivity contribution >= 4 is 38.9 Å². The van der Waals surface area contributed by atoms with Crippen LogP contribution in [0.5, 0.6) is 10.9 Å². The van der Waals surface area contributed by atoms with E-state index in [1.165, 1.54) is 23.5 Å². The summed E-state index contributed by atoms with van der Waals surface area (Å²) in [6, 6.07) is 3.01. The molecule has 0 radical (unpaired) electrons. The number of ether oxygens (including phenoxy) is 1. The zero-order valence-corrected chi connectivity index (χ0v) is 13.9. The molecule has 20 heavy (non-hydrogen) atoms. The maximum absolute atomic E-state index is 13.4. The molecule has 0 saturated heterocycles. The van der Waals surface area contributed by atoms with Crippen molar-refractivity contribution in [3.05, 3.63) is 32.5 Å². The SMILES string of the molecule is CC(C)NCc1nnc(Oc2cc(F)c(Cl)cc2Br)s1. The highest BCUT2D eigenvalue weighted by atomic mass is 79.9. The molecule has 0 amide bonds. The molecule has 0 unspecified atom stereocenters. The lowest BCUT2D eigenvalue weighted by atomic mass is 10.3. The molecule has 1 heterocycles. The number of hydrogen-bond donors (Lipinski definition) is 1.